The van der Waals surface area contributed by atoms with Crippen LogP contribution in [0.1, 0.15) is 49.2 Å². The molecule has 0 aliphatic carbocycles. The summed E-state index contributed by atoms with van der Waals surface area (Å²) in [6.45, 7) is 11.2. The van der Waals surface area contributed by atoms with E-state index in [1.807, 2.05) is 47.6 Å². The molecule has 7 heteroatoms. The Kier molecular flexibility index (Phi) is 17.5. The predicted octanol–water partition coefficient (Wildman–Crippen LogP) is 4.45. The third-order valence-electron chi connectivity index (χ3n) is 3.59. The maximum atomic E-state index is 12.7. The van der Waals surface area contributed by atoms with Crippen molar-refractivity contribution in [3.8, 4) is 5.75 Å². The molecule has 31 heavy (non-hydrogen) atoms. The van der Waals surface area contributed by atoms with Gasteiger partial charge in [-0.1, -0.05) is 51.5 Å². The van der Waals surface area contributed by atoms with Gasteiger partial charge in [-0.2, -0.15) is 0 Å². The number of nitrogens with one attached hydrogen (secondary N) is 1. The lowest BCUT2D eigenvalue weighted by atomic mass is 10.1. The molecule has 0 aromatic heterocycles. The van der Waals surface area contributed by atoms with E-state index in [9.17, 15) is 14.0 Å². The first kappa shape index (κ1) is 30.3. The molecule has 174 valence electrons. The van der Waals surface area contributed by atoms with Gasteiger partial charge in [0, 0.05) is 5.56 Å². The minimum absolute atomic E-state index is 0.297. The molecule has 2 aromatic rings. The summed E-state index contributed by atoms with van der Waals surface area (Å²) in [5.74, 6) is -1.10. The van der Waals surface area contributed by atoms with E-state index < -0.39 is 24.5 Å². The lowest BCUT2D eigenvalue weighted by molar-refractivity contribution is -0.143. The van der Waals surface area contributed by atoms with Crippen LogP contribution < -0.4 is 10.1 Å². The van der Waals surface area contributed by atoms with Gasteiger partial charge in [-0.25, -0.2) is 9.18 Å². The second-order valence-corrected chi connectivity index (χ2v) is 5.74. The van der Waals surface area contributed by atoms with Crippen molar-refractivity contribution < 1.29 is 28.6 Å². The summed E-state index contributed by atoms with van der Waals surface area (Å²) in [6, 6.07) is 10.7. The first-order valence-corrected chi connectivity index (χ1v) is 10.2. The number of carbonyl (C=O) groups is 2. The fourth-order valence-electron chi connectivity index (χ4n) is 2.04. The minimum atomic E-state index is -1.03. The molecule has 1 atom stereocenters. The molecule has 1 amide bonds. The maximum absolute atomic E-state index is 12.7. The normalized spacial score (nSPS) is 9.87. The lowest BCUT2D eigenvalue weighted by Crippen LogP contribution is -2.44. The summed E-state index contributed by atoms with van der Waals surface area (Å²) in [6.07, 6.45) is 0. The van der Waals surface area contributed by atoms with Gasteiger partial charge >= 0.3 is 5.97 Å². The topological polar surface area (TPSA) is 84.9 Å². The van der Waals surface area contributed by atoms with Crippen LogP contribution in [0.4, 0.5) is 4.39 Å². The third-order valence-corrected chi connectivity index (χ3v) is 3.59. The minimum Gasteiger partial charge on any atom is -0.494 e. The molecule has 2 N–H and O–H groups in total. The van der Waals surface area contributed by atoms with E-state index >= 15 is 0 Å². The molecule has 2 aromatic carbocycles. The largest absolute Gasteiger partial charge is 0.494 e. The highest BCUT2D eigenvalue weighted by molar-refractivity contribution is 5.96. The van der Waals surface area contributed by atoms with Crippen LogP contribution in [0.25, 0.3) is 0 Å². The van der Waals surface area contributed by atoms with Crippen LogP contribution in [0.3, 0.4) is 0 Å². The zero-order chi connectivity index (χ0) is 24.4. The molecule has 0 aliphatic heterocycles. The smallest absolute Gasteiger partial charge is 0.330 e. The van der Waals surface area contributed by atoms with Crippen LogP contribution in [0.2, 0.25) is 0 Å². The monoisotopic (exact) mass is 437 g/mol. The molecular formula is C24H36FNO5. The number of esters is 1. The fraction of sp³-hybridized carbons (Fsp3) is 0.417. The van der Waals surface area contributed by atoms with Crippen LogP contribution in [-0.4, -0.2) is 43.9 Å². The van der Waals surface area contributed by atoms with Gasteiger partial charge in [0.25, 0.3) is 5.91 Å². The van der Waals surface area contributed by atoms with Crippen molar-refractivity contribution in [3.05, 3.63) is 65.0 Å². The number of rotatable bonds is 5. The molecular weight excluding hydrogens is 401 g/mol. The van der Waals surface area contributed by atoms with Gasteiger partial charge in [-0.05, 0) is 43.7 Å². The average Bonchev–Trinajstić information content (AvgIpc) is 2.80. The molecule has 0 bridgehead atoms. The van der Waals surface area contributed by atoms with E-state index in [-0.39, 0.29) is 5.82 Å². The highest BCUT2D eigenvalue weighted by Crippen LogP contribution is 2.16. The number of halogens is 1. The van der Waals surface area contributed by atoms with Crippen LogP contribution in [0, 0.1) is 19.7 Å². The number of ether oxygens (including phenoxy) is 2. The molecule has 2 rings (SSSR count). The number of aliphatic hydroxyl groups excluding tert-OH is 1. The number of aryl methyl sites for hydroxylation is 2. The standard InChI is InChI=1S/C12H15NO4.C8H9FO.2C2H6/c1-8-3-5-9(6-4-8)11(15)13-10(7-14)12(16)17-2;1-6-3-4-8(10-2)7(9)5-6;2*1-2/h3-6,10,14H,7H2,1-2H3,(H,13,15);3-5H,1-2H3;2*1-2H3. The van der Waals surface area contributed by atoms with E-state index in [4.69, 9.17) is 9.84 Å². The molecule has 0 saturated heterocycles. The zero-order valence-electron chi connectivity index (χ0n) is 19.8. The molecule has 0 radical (unpaired) electrons. The molecule has 0 fully saturated rings. The summed E-state index contributed by atoms with van der Waals surface area (Å²) in [7, 11) is 2.65. The van der Waals surface area contributed by atoms with Gasteiger partial charge in [-0.15, -0.1) is 0 Å². The third kappa shape index (κ3) is 11.7. The summed E-state index contributed by atoms with van der Waals surface area (Å²) in [5.41, 5.74) is 2.37. The Morgan fingerprint density at radius 1 is 0.968 bits per heavy atom. The van der Waals surface area contributed by atoms with E-state index in [2.05, 4.69) is 10.1 Å². The summed E-state index contributed by atoms with van der Waals surface area (Å²) in [5, 5.41) is 11.3. The van der Waals surface area contributed by atoms with Crippen molar-refractivity contribution in [2.45, 2.75) is 47.6 Å². The lowest BCUT2D eigenvalue weighted by Gasteiger charge is -2.13. The van der Waals surface area contributed by atoms with Gasteiger partial charge < -0.3 is 19.9 Å². The first-order valence-electron chi connectivity index (χ1n) is 10.2. The van der Waals surface area contributed by atoms with E-state index in [0.717, 1.165) is 11.1 Å². The van der Waals surface area contributed by atoms with Crippen molar-refractivity contribution in [2.24, 2.45) is 0 Å². The Balaban J connectivity index is 0. The van der Waals surface area contributed by atoms with Crippen molar-refractivity contribution in [3.63, 3.8) is 0 Å². The quantitative estimate of drug-likeness (QED) is 0.675. The molecule has 0 spiro atoms. The Hall–Kier alpha value is -2.93. The molecule has 0 heterocycles. The van der Waals surface area contributed by atoms with Gasteiger partial charge in [0.05, 0.1) is 20.8 Å². The van der Waals surface area contributed by atoms with E-state index in [1.165, 1.54) is 20.3 Å². The van der Waals surface area contributed by atoms with Gasteiger partial charge in [-0.3, -0.25) is 4.79 Å². The molecule has 6 nitrogen and oxygen atoms in total. The zero-order valence-corrected chi connectivity index (χ0v) is 19.8. The average molecular weight is 438 g/mol. The predicted molar refractivity (Wildman–Crippen MR) is 122 cm³/mol. The van der Waals surface area contributed by atoms with Gasteiger partial charge in [0.2, 0.25) is 0 Å². The van der Waals surface area contributed by atoms with Crippen molar-refractivity contribution in [1.29, 1.82) is 0 Å². The Morgan fingerprint density at radius 3 is 1.90 bits per heavy atom. The number of methoxy groups -OCH3 is 2. The maximum Gasteiger partial charge on any atom is 0.330 e. The highest BCUT2D eigenvalue weighted by atomic mass is 19.1. The second-order valence-electron chi connectivity index (χ2n) is 5.74. The number of hydrogen-bond acceptors (Lipinski definition) is 5. The number of aliphatic hydroxyl groups is 1. The van der Waals surface area contributed by atoms with Crippen molar-refractivity contribution in [1.82, 2.24) is 5.32 Å². The molecule has 1 unspecified atom stereocenters. The molecule has 0 saturated carbocycles. The summed E-state index contributed by atoms with van der Waals surface area (Å²) < 4.78 is 21.9. The molecule has 0 aliphatic rings. The summed E-state index contributed by atoms with van der Waals surface area (Å²) in [4.78, 5) is 22.9. The van der Waals surface area contributed by atoms with Crippen LogP contribution in [-0.2, 0) is 9.53 Å². The van der Waals surface area contributed by atoms with Crippen LogP contribution >= 0.6 is 0 Å². The second kappa shape index (κ2) is 17.9. The first-order chi connectivity index (χ1) is 14.8. The van der Waals surface area contributed by atoms with E-state index in [0.29, 0.717) is 11.3 Å². The van der Waals surface area contributed by atoms with Gasteiger partial charge in [0.1, 0.15) is 0 Å². The SMILES string of the molecule is CC.CC.COC(=O)C(CO)NC(=O)c1ccc(C)cc1.COc1ccc(C)cc1F. The number of amides is 1. The van der Waals surface area contributed by atoms with E-state index in [1.54, 1.807) is 30.3 Å². The van der Waals surface area contributed by atoms with Crippen LogP contribution in [0.15, 0.2) is 42.5 Å². The van der Waals surface area contributed by atoms with Crippen molar-refractivity contribution in [2.75, 3.05) is 20.8 Å². The number of hydrogen-bond donors (Lipinski definition) is 2. The highest BCUT2D eigenvalue weighted by Gasteiger charge is 2.20. The Labute approximate surface area is 185 Å². The van der Waals surface area contributed by atoms with Crippen LogP contribution in [0.5, 0.6) is 5.75 Å². The Morgan fingerprint density at radius 2 is 1.48 bits per heavy atom. The van der Waals surface area contributed by atoms with Gasteiger partial charge in [0.15, 0.2) is 17.6 Å². The fourth-order valence-corrected chi connectivity index (χ4v) is 2.04. The number of benzene rings is 2. The number of carbonyl (C=O) groups excluding carboxylic acids is 2. The Bertz CT molecular complexity index is 763. The van der Waals surface area contributed by atoms with Crippen molar-refractivity contribution >= 4 is 11.9 Å². The summed E-state index contributed by atoms with van der Waals surface area (Å²) >= 11 is 0.